The van der Waals surface area contributed by atoms with E-state index in [1.165, 1.54) is 0 Å². The number of methoxy groups -OCH3 is 2. The van der Waals surface area contributed by atoms with Crippen molar-refractivity contribution in [2.75, 3.05) is 40.5 Å². The fourth-order valence-corrected chi connectivity index (χ4v) is 2.69. The van der Waals surface area contributed by atoms with Crippen molar-refractivity contribution in [1.82, 2.24) is 4.90 Å². The predicted octanol–water partition coefficient (Wildman–Crippen LogP) is 1.36. The number of nitrogens with two attached hydrogens (primary N) is 1. The standard InChI is InChI=1S/C14H20N2O3S/c1-17-10-3-4-11(12(9-10)18-2)13(14(15)20)16-5-7-19-8-6-16/h3-4,9,13H,5-8H2,1-2H3,(H2,15,20). The van der Waals surface area contributed by atoms with E-state index in [0.29, 0.717) is 18.2 Å². The first-order valence-electron chi connectivity index (χ1n) is 6.50. The van der Waals surface area contributed by atoms with Crippen molar-refractivity contribution >= 4 is 17.2 Å². The Labute approximate surface area is 124 Å². The Kier molecular flexibility index (Phi) is 5.17. The molecule has 0 bridgehead atoms. The van der Waals surface area contributed by atoms with Crippen LogP contribution in [0.3, 0.4) is 0 Å². The van der Waals surface area contributed by atoms with Crippen LogP contribution in [-0.4, -0.2) is 50.4 Å². The Bertz CT molecular complexity index is 475. The van der Waals surface area contributed by atoms with Gasteiger partial charge < -0.3 is 19.9 Å². The highest BCUT2D eigenvalue weighted by atomic mass is 32.1. The molecular weight excluding hydrogens is 276 g/mol. The van der Waals surface area contributed by atoms with Gasteiger partial charge in [-0.05, 0) is 12.1 Å². The zero-order valence-corrected chi connectivity index (χ0v) is 12.6. The summed E-state index contributed by atoms with van der Waals surface area (Å²) in [6, 6.07) is 5.55. The first kappa shape index (κ1) is 15.0. The number of benzene rings is 1. The van der Waals surface area contributed by atoms with Gasteiger partial charge in [0.05, 0.1) is 38.5 Å². The lowest BCUT2D eigenvalue weighted by Gasteiger charge is -2.34. The van der Waals surface area contributed by atoms with E-state index in [9.17, 15) is 0 Å². The van der Waals surface area contributed by atoms with E-state index >= 15 is 0 Å². The van der Waals surface area contributed by atoms with E-state index < -0.39 is 0 Å². The number of hydrogen-bond donors (Lipinski definition) is 1. The minimum atomic E-state index is -0.144. The zero-order valence-electron chi connectivity index (χ0n) is 11.8. The molecule has 0 spiro atoms. The molecular formula is C14H20N2O3S. The topological polar surface area (TPSA) is 57.0 Å². The Hall–Kier alpha value is -1.37. The van der Waals surface area contributed by atoms with Crippen LogP contribution in [0.2, 0.25) is 0 Å². The fraction of sp³-hybridized carbons (Fsp3) is 0.500. The largest absolute Gasteiger partial charge is 0.497 e. The number of rotatable bonds is 5. The number of hydrogen-bond acceptors (Lipinski definition) is 5. The van der Waals surface area contributed by atoms with E-state index in [0.717, 1.165) is 30.2 Å². The molecule has 1 fully saturated rings. The fourth-order valence-electron chi connectivity index (χ4n) is 2.41. The second-order valence-electron chi connectivity index (χ2n) is 4.56. The van der Waals surface area contributed by atoms with Gasteiger partial charge in [0.1, 0.15) is 11.5 Å². The number of ether oxygens (including phenoxy) is 3. The van der Waals surface area contributed by atoms with Gasteiger partial charge in [-0.15, -0.1) is 0 Å². The van der Waals surface area contributed by atoms with E-state index in [4.69, 9.17) is 32.2 Å². The smallest absolute Gasteiger partial charge is 0.127 e. The minimum Gasteiger partial charge on any atom is -0.497 e. The summed E-state index contributed by atoms with van der Waals surface area (Å²) in [6.45, 7) is 2.99. The second-order valence-corrected chi connectivity index (χ2v) is 5.03. The van der Waals surface area contributed by atoms with Crippen LogP contribution in [0.1, 0.15) is 11.6 Å². The molecule has 0 amide bonds. The average molecular weight is 296 g/mol. The summed E-state index contributed by atoms with van der Waals surface area (Å²) in [6.07, 6.45) is 0. The van der Waals surface area contributed by atoms with Crippen LogP contribution in [0.25, 0.3) is 0 Å². The molecule has 20 heavy (non-hydrogen) atoms. The molecule has 6 heteroatoms. The van der Waals surface area contributed by atoms with Gasteiger partial charge in [0.25, 0.3) is 0 Å². The molecule has 0 aromatic heterocycles. The molecule has 1 aromatic rings. The zero-order chi connectivity index (χ0) is 14.5. The van der Waals surface area contributed by atoms with Crippen LogP contribution in [0.5, 0.6) is 11.5 Å². The summed E-state index contributed by atoms with van der Waals surface area (Å²) >= 11 is 5.26. The lowest BCUT2D eigenvalue weighted by molar-refractivity contribution is 0.0285. The summed E-state index contributed by atoms with van der Waals surface area (Å²) in [5, 5.41) is 0. The summed E-state index contributed by atoms with van der Waals surface area (Å²) in [4.78, 5) is 2.66. The Morgan fingerprint density at radius 2 is 2.00 bits per heavy atom. The van der Waals surface area contributed by atoms with Crippen molar-refractivity contribution in [2.45, 2.75) is 6.04 Å². The summed E-state index contributed by atoms with van der Waals surface area (Å²) in [5.41, 5.74) is 6.92. The summed E-state index contributed by atoms with van der Waals surface area (Å²) in [5.74, 6) is 1.47. The average Bonchev–Trinajstić information content (AvgIpc) is 2.48. The maximum atomic E-state index is 5.96. The highest BCUT2D eigenvalue weighted by Crippen LogP contribution is 2.33. The molecule has 1 heterocycles. The van der Waals surface area contributed by atoms with Crippen molar-refractivity contribution in [3.05, 3.63) is 23.8 Å². The SMILES string of the molecule is COc1ccc(C(C(N)=S)N2CCOCC2)c(OC)c1. The molecule has 110 valence electrons. The van der Waals surface area contributed by atoms with Gasteiger partial charge in [0.2, 0.25) is 0 Å². The molecule has 1 saturated heterocycles. The van der Waals surface area contributed by atoms with Crippen molar-refractivity contribution in [3.8, 4) is 11.5 Å². The van der Waals surface area contributed by atoms with Crippen LogP contribution in [0.15, 0.2) is 18.2 Å². The Morgan fingerprint density at radius 3 is 2.55 bits per heavy atom. The first-order chi connectivity index (χ1) is 9.67. The van der Waals surface area contributed by atoms with E-state index in [-0.39, 0.29) is 6.04 Å². The molecule has 1 unspecified atom stereocenters. The van der Waals surface area contributed by atoms with Crippen LogP contribution < -0.4 is 15.2 Å². The third kappa shape index (κ3) is 3.20. The molecule has 1 aliphatic heterocycles. The van der Waals surface area contributed by atoms with Gasteiger partial charge >= 0.3 is 0 Å². The van der Waals surface area contributed by atoms with Crippen molar-refractivity contribution < 1.29 is 14.2 Å². The number of nitrogens with zero attached hydrogens (tertiary/aromatic N) is 1. The molecule has 0 aliphatic carbocycles. The Balaban J connectivity index is 2.35. The van der Waals surface area contributed by atoms with Gasteiger partial charge in [0, 0.05) is 24.7 Å². The molecule has 5 nitrogen and oxygen atoms in total. The first-order valence-corrected chi connectivity index (χ1v) is 6.91. The van der Waals surface area contributed by atoms with Gasteiger partial charge in [-0.25, -0.2) is 0 Å². The van der Waals surface area contributed by atoms with Crippen molar-refractivity contribution in [3.63, 3.8) is 0 Å². The van der Waals surface area contributed by atoms with Crippen LogP contribution in [-0.2, 0) is 4.74 Å². The van der Waals surface area contributed by atoms with Crippen molar-refractivity contribution in [1.29, 1.82) is 0 Å². The number of morpholine rings is 1. The molecule has 0 radical (unpaired) electrons. The van der Waals surface area contributed by atoms with Gasteiger partial charge in [0.15, 0.2) is 0 Å². The molecule has 1 atom stereocenters. The van der Waals surface area contributed by atoms with Gasteiger partial charge in [-0.1, -0.05) is 12.2 Å². The predicted molar refractivity (Wildman–Crippen MR) is 81.5 cm³/mol. The molecule has 1 aliphatic rings. The number of thiocarbonyl (C=S) groups is 1. The Morgan fingerprint density at radius 1 is 1.30 bits per heavy atom. The van der Waals surface area contributed by atoms with Crippen LogP contribution in [0.4, 0.5) is 0 Å². The third-order valence-corrected chi connectivity index (χ3v) is 3.64. The van der Waals surface area contributed by atoms with Gasteiger partial charge in [-0.2, -0.15) is 0 Å². The van der Waals surface area contributed by atoms with Crippen molar-refractivity contribution in [2.24, 2.45) is 5.73 Å². The molecule has 2 N–H and O–H groups in total. The highest BCUT2D eigenvalue weighted by Gasteiger charge is 2.27. The normalized spacial score (nSPS) is 17.5. The lowest BCUT2D eigenvalue weighted by Crippen LogP contribution is -2.43. The monoisotopic (exact) mass is 296 g/mol. The maximum Gasteiger partial charge on any atom is 0.127 e. The highest BCUT2D eigenvalue weighted by molar-refractivity contribution is 7.80. The summed E-state index contributed by atoms with van der Waals surface area (Å²) in [7, 11) is 3.26. The van der Waals surface area contributed by atoms with E-state index in [1.54, 1.807) is 14.2 Å². The quantitative estimate of drug-likeness (QED) is 0.828. The van der Waals surface area contributed by atoms with Crippen LogP contribution >= 0.6 is 12.2 Å². The maximum absolute atomic E-state index is 5.96. The summed E-state index contributed by atoms with van der Waals surface area (Å²) < 4.78 is 16.1. The molecule has 1 aromatic carbocycles. The molecule has 2 rings (SSSR count). The molecule has 0 saturated carbocycles. The minimum absolute atomic E-state index is 0.144. The van der Waals surface area contributed by atoms with Crippen LogP contribution in [0, 0.1) is 0 Å². The third-order valence-electron chi connectivity index (χ3n) is 3.42. The lowest BCUT2D eigenvalue weighted by atomic mass is 10.0. The van der Waals surface area contributed by atoms with E-state index in [1.807, 2.05) is 18.2 Å². The van der Waals surface area contributed by atoms with E-state index in [2.05, 4.69) is 4.90 Å². The van der Waals surface area contributed by atoms with Gasteiger partial charge in [-0.3, -0.25) is 4.90 Å². The second kappa shape index (κ2) is 6.88.